The predicted octanol–water partition coefficient (Wildman–Crippen LogP) is 2.94. The molecule has 0 bridgehead atoms. The fourth-order valence-corrected chi connectivity index (χ4v) is 2.57. The lowest BCUT2D eigenvalue weighted by molar-refractivity contribution is -0.0998. The van der Waals surface area contributed by atoms with Gasteiger partial charge in [-0.1, -0.05) is 30.3 Å². The fraction of sp³-hybridized carbons (Fsp3) is 0.600. The van der Waals surface area contributed by atoms with Crippen molar-refractivity contribution in [1.29, 1.82) is 0 Å². The van der Waals surface area contributed by atoms with Gasteiger partial charge in [0.25, 0.3) is 0 Å². The Labute approximate surface area is 104 Å². The molecule has 1 saturated carbocycles. The molecule has 0 aromatic heterocycles. The fourth-order valence-electron chi connectivity index (χ4n) is 2.57. The summed E-state index contributed by atoms with van der Waals surface area (Å²) in [5.74, 6) is 0. The van der Waals surface area contributed by atoms with Crippen molar-refractivity contribution >= 4 is 0 Å². The van der Waals surface area contributed by atoms with Crippen LogP contribution in [0.25, 0.3) is 0 Å². The summed E-state index contributed by atoms with van der Waals surface area (Å²) in [4.78, 5) is 0. The SMILES string of the molecule is COC1(CC(O)CCc2ccccc2)CCC1. The summed E-state index contributed by atoms with van der Waals surface area (Å²) in [5, 5.41) is 10.1. The summed E-state index contributed by atoms with van der Waals surface area (Å²) < 4.78 is 5.54. The molecule has 0 saturated heterocycles. The number of ether oxygens (including phenoxy) is 1. The van der Waals surface area contributed by atoms with Crippen LogP contribution in [0.1, 0.15) is 37.7 Å². The molecule has 1 N–H and O–H groups in total. The Balaban J connectivity index is 1.76. The molecule has 1 fully saturated rings. The first-order valence-corrected chi connectivity index (χ1v) is 6.51. The minimum Gasteiger partial charge on any atom is -0.393 e. The Kier molecular flexibility index (Phi) is 4.19. The lowest BCUT2D eigenvalue weighted by Crippen LogP contribution is -2.42. The molecule has 1 atom stereocenters. The molecule has 2 rings (SSSR count). The first-order chi connectivity index (χ1) is 8.24. The van der Waals surface area contributed by atoms with Crippen LogP contribution in [0.15, 0.2) is 30.3 Å². The lowest BCUT2D eigenvalue weighted by atomic mass is 9.75. The molecular formula is C15H22O2. The highest BCUT2D eigenvalue weighted by Gasteiger charge is 2.38. The largest absolute Gasteiger partial charge is 0.393 e. The van der Waals surface area contributed by atoms with Gasteiger partial charge in [0.2, 0.25) is 0 Å². The van der Waals surface area contributed by atoms with Gasteiger partial charge in [-0.25, -0.2) is 0 Å². The Morgan fingerprint density at radius 1 is 1.29 bits per heavy atom. The minimum atomic E-state index is -0.240. The van der Waals surface area contributed by atoms with Gasteiger partial charge in [-0.05, 0) is 37.7 Å². The van der Waals surface area contributed by atoms with Gasteiger partial charge in [-0.15, -0.1) is 0 Å². The Morgan fingerprint density at radius 3 is 2.53 bits per heavy atom. The second kappa shape index (κ2) is 5.65. The van der Waals surface area contributed by atoms with Crippen molar-refractivity contribution in [2.24, 2.45) is 0 Å². The van der Waals surface area contributed by atoms with Gasteiger partial charge in [0.15, 0.2) is 0 Å². The van der Waals surface area contributed by atoms with Crippen LogP contribution in [0.4, 0.5) is 0 Å². The Morgan fingerprint density at radius 2 is 2.00 bits per heavy atom. The molecule has 0 amide bonds. The van der Waals surface area contributed by atoms with Gasteiger partial charge in [0, 0.05) is 13.5 Å². The summed E-state index contributed by atoms with van der Waals surface area (Å²) >= 11 is 0. The Hall–Kier alpha value is -0.860. The molecule has 1 unspecified atom stereocenters. The van der Waals surface area contributed by atoms with Crippen molar-refractivity contribution in [2.75, 3.05) is 7.11 Å². The molecule has 94 valence electrons. The van der Waals surface area contributed by atoms with E-state index in [1.54, 1.807) is 7.11 Å². The highest BCUT2D eigenvalue weighted by Crippen LogP contribution is 2.39. The zero-order valence-electron chi connectivity index (χ0n) is 10.6. The number of benzene rings is 1. The number of hydrogen-bond donors (Lipinski definition) is 1. The van der Waals surface area contributed by atoms with Crippen LogP contribution in [-0.4, -0.2) is 23.9 Å². The van der Waals surface area contributed by atoms with Gasteiger partial charge in [0.1, 0.15) is 0 Å². The number of methoxy groups -OCH3 is 1. The maximum atomic E-state index is 10.1. The van der Waals surface area contributed by atoms with Crippen molar-refractivity contribution < 1.29 is 9.84 Å². The van der Waals surface area contributed by atoms with Crippen LogP contribution in [0.2, 0.25) is 0 Å². The minimum absolute atomic E-state index is 0.0178. The number of aliphatic hydroxyl groups excluding tert-OH is 1. The van der Waals surface area contributed by atoms with Crippen molar-refractivity contribution in [3.05, 3.63) is 35.9 Å². The molecular weight excluding hydrogens is 212 g/mol. The van der Waals surface area contributed by atoms with Crippen LogP contribution in [0, 0.1) is 0 Å². The number of aryl methyl sites for hydroxylation is 1. The van der Waals surface area contributed by atoms with Crippen LogP contribution in [0.5, 0.6) is 0 Å². The molecule has 0 spiro atoms. The van der Waals surface area contributed by atoms with Crippen LogP contribution >= 0.6 is 0 Å². The standard InChI is InChI=1S/C15H22O2/c1-17-15(10-5-11-15)12-14(16)9-8-13-6-3-2-4-7-13/h2-4,6-7,14,16H,5,8-12H2,1H3. The molecule has 1 aliphatic rings. The van der Waals surface area contributed by atoms with Crippen molar-refractivity contribution in [1.82, 2.24) is 0 Å². The summed E-state index contributed by atoms with van der Waals surface area (Å²) in [5.41, 5.74) is 1.28. The van der Waals surface area contributed by atoms with Gasteiger partial charge >= 0.3 is 0 Å². The van der Waals surface area contributed by atoms with Gasteiger partial charge in [0.05, 0.1) is 11.7 Å². The zero-order chi connectivity index (χ0) is 12.1. The van der Waals surface area contributed by atoms with Crippen LogP contribution in [0.3, 0.4) is 0 Å². The number of rotatable bonds is 6. The second-order valence-corrected chi connectivity index (χ2v) is 5.12. The maximum absolute atomic E-state index is 10.1. The van der Waals surface area contributed by atoms with E-state index in [0.717, 1.165) is 32.1 Å². The zero-order valence-corrected chi connectivity index (χ0v) is 10.6. The highest BCUT2D eigenvalue weighted by molar-refractivity contribution is 5.14. The van der Waals surface area contributed by atoms with Crippen LogP contribution in [-0.2, 0) is 11.2 Å². The van der Waals surface area contributed by atoms with E-state index in [1.165, 1.54) is 12.0 Å². The highest BCUT2D eigenvalue weighted by atomic mass is 16.5. The molecule has 1 aromatic carbocycles. The first kappa shape index (κ1) is 12.6. The molecule has 0 heterocycles. The van der Waals surface area contributed by atoms with Crippen LogP contribution < -0.4 is 0 Å². The van der Waals surface area contributed by atoms with Crippen molar-refractivity contribution in [3.8, 4) is 0 Å². The third-order valence-electron chi connectivity index (χ3n) is 3.91. The summed E-state index contributed by atoms with van der Waals surface area (Å²) in [7, 11) is 1.77. The topological polar surface area (TPSA) is 29.5 Å². The van der Waals surface area contributed by atoms with E-state index >= 15 is 0 Å². The first-order valence-electron chi connectivity index (χ1n) is 6.51. The predicted molar refractivity (Wildman–Crippen MR) is 69.0 cm³/mol. The third kappa shape index (κ3) is 3.30. The lowest BCUT2D eigenvalue weighted by Gasteiger charge is -2.41. The second-order valence-electron chi connectivity index (χ2n) is 5.12. The summed E-state index contributed by atoms with van der Waals surface area (Å²) in [6.07, 6.45) is 5.76. The molecule has 2 heteroatoms. The van der Waals surface area contributed by atoms with Gasteiger partial charge in [-0.2, -0.15) is 0 Å². The van der Waals surface area contributed by atoms with Gasteiger partial charge < -0.3 is 9.84 Å². The molecule has 2 nitrogen and oxygen atoms in total. The van der Waals surface area contributed by atoms with E-state index in [2.05, 4.69) is 12.1 Å². The summed E-state index contributed by atoms with van der Waals surface area (Å²) in [6, 6.07) is 10.3. The van der Waals surface area contributed by atoms with E-state index in [1.807, 2.05) is 18.2 Å². The molecule has 0 aliphatic heterocycles. The molecule has 1 aliphatic carbocycles. The maximum Gasteiger partial charge on any atom is 0.0703 e. The quantitative estimate of drug-likeness (QED) is 0.820. The number of hydrogen-bond acceptors (Lipinski definition) is 2. The van der Waals surface area contributed by atoms with E-state index in [4.69, 9.17) is 4.74 Å². The van der Waals surface area contributed by atoms with E-state index < -0.39 is 0 Å². The average molecular weight is 234 g/mol. The average Bonchev–Trinajstić information content (AvgIpc) is 2.33. The smallest absolute Gasteiger partial charge is 0.0703 e. The molecule has 1 aromatic rings. The van der Waals surface area contributed by atoms with E-state index in [-0.39, 0.29) is 11.7 Å². The molecule has 17 heavy (non-hydrogen) atoms. The number of aliphatic hydroxyl groups is 1. The van der Waals surface area contributed by atoms with E-state index in [0.29, 0.717) is 0 Å². The van der Waals surface area contributed by atoms with Crippen molar-refractivity contribution in [2.45, 2.75) is 50.2 Å². The normalized spacial score (nSPS) is 19.6. The summed E-state index contributed by atoms with van der Waals surface area (Å²) in [6.45, 7) is 0. The van der Waals surface area contributed by atoms with Crippen molar-refractivity contribution in [3.63, 3.8) is 0 Å². The van der Waals surface area contributed by atoms with Gasteiger partial charge in [-0.3, -0.25) is 0 Å². The third-order valence-corrected chi connectivity index (χ3v) is 3.91. The van der Waals surface area contributed by atoms with E-state index in [9.17, 15) is 5.11 Å². The monoisotopic (exact) mass is 234 g/mol. The molecule has 0 radical (unpaired) electrons. The Bertz CT molecular complexity index is 325.